The number of aryl methyl sites for hydroxylation is 2. The van der Waals surface area contributed by atoms with Gasteiger partial charge in [0, 0.05) is 12.6 Å². The number of nitrogens with zero attached hydrogens (tertiary/aromatic N) is 2. The Balaban J connectivity index is 1.95. The number of para-hydroxylation sites is 2. The van der Waals surface area contributed by atoms with Crippen LogP contribution in [0.5, 0.6) is 0 Å². The molecule has 0 aliphatic heterocycles. The number of aromatic nitrogens is 2. The molecule has 3 nitrogen and oxygen atoms in total. The van der Waals surface area contributed by atoms with E-state index in [0.717, 1.165) is 34.4 Å². The molecule has 0 fully saturated rings. The van der Waals surface area contributed by atoms with E-state index in [-0.39, 0.29) is 5.78 Å². The third kappa shape index (κ3) is 2.47. The van der Waals surface area contributed by atoms with Crippen LogP contribution in [0.1, 0.15) is 28.7 Å². The van der Waals surface area contributed by atoms with E-state index >= 15 is 0 Å². The molecule has 0 atom stereocenters. The minimum atomic E-state index is 0.130. The Morgan fingerprint density at radius 3 is 2.57 bits per heavy atom. The van der Waals surface area contributed by atoms with Gasteiger partial charge < -0.3 is 4.57 Å². The van der Waals surface area contributed by atoms with Gasteiger partial charge in [-0.25, -0.2) is 4.98 Å². The van der Waals surface area contributed by atoms with E-state index in [4.69, 9.17) is 0 Å². The van der Waals surface area contributed by atoms with Crippen LogP contribution in [0.3, 0.4) is 0 Å². The van der Waals surface area contributed by atoms with Crippen molar-refractivity contribution in [3.63, 3.8) is 0 Å². The first kappa shape index (κ1) is 13.6. The predicted octanol–water partition coefficient (Wildman–Crippen LogP) is 3.56. The van der Waals surface area contributed by atoms with Gasteiger partial charge in [-0.3, -0.25) is 4.79 Å². The molecule has 1 aromatic heterocycles. The van der Waals surface area contributed by atoms with Gasteiger partial charge in [-0.2, -0.15) is 0 Å². The molecule has 0 spiro atoms. The maximum absolute atomic E-state index is 12.6. The third-order valence-corrected chi connectivity index (χ3v) is 3.90. The van der Waals surface area contributed by atoms with Crippen LogP contribution in [0.4, 0.5) is 0 Å². The average molecular weight is 278 g/mol. The molecule has 2 aromatic carbocycles. The van der Waals surface area contributed by atoms with Gasteiger partial charge in [0.05, 0.1) is 17.5 Å². The summed E-state index contributed by atoms with van der Waals surface area (Å²) in [6.45, 7) is 2.07. The summed E-state index contributed by atoms with van der Waals surface area (Å²) >= 11 is 0. The molecule has 1 heterocycles. The van der Waals surface area contributed by atoms with Gasteiger partial charge in [0.1, 0.15) is 5.82 Å². The number of fused-ring (bicyclic) bond motifs is 1. The van der Waals surface area contributed by atoms with E-state index in [1.165, 1.54) is 0 Å². The second-order valence-corrected chi connectivity index (χ2v) is 5.19. The lowest BCUT2D eigenvalue weighted by Gasteiger charge is -2.06. The van der Waals surface area contributed by atoms with Gasteiger partial charge >= 0.3 is 0 Å². The number of rotatable bonds is 4. The molecule has 3 aromatic rings. The number of carbonyl (C=O) groups is 1. The van der Waals surface area contributed by atoms with Crippen molar-refractivity contribution < 1.29 is 4.79 Å². The Morgan fingerprint density at radius 2 is 1.81 bits per heavy atom. The smallest absolute Gasteiger partial charge is 0.170 e. The zero-order valence-electron chi connectivity index (χ0n) is 12.3. The van der Waals surface area contributed by atoms with E-state index in [1.807, 2.05) is 60.1 Å². The van der Waals surface area contributed by atoms with E-state index in [1.54, 1.807) is 0 Å². The number of benzene rings is 2. The van der Waals surface area contributed by atoms with Gasteiger partial charge in [-0.05, 0) is 24.1 Å². The van der Waals surface area contributed by atoms with Crippen LogP contribution >= 0.6 is 0 Å². The van der Waals surface area contributed by atoms with Gasteiger partial charge in [-0.1, -0.05) is 43.3 Å². The van der Waals surface area contributed by atoms with Crippen LogP contribution in [-0.2, 0) is 19.9 Å². The van der Waals surface area contributed by atoms with Crippen molar-refractivity contribution in [3.8, 4) is 0 Å². The zero-order valence-corrected chi connectivity index (χ0v) is 12.3. The third-order valence-electron chi connectivity index (χ3n) is 3.90. The van der Waals surface area contributed by atoms with Gasteiger partial charge in [0.2, 0.25) is 0 Å². The summed E-state index contributed by atoms with van der Waals surface area (Å²) in [5.74, 6) is 0.943. The average Bonchev–Trinajstić information content (AvgIpc) is 2.84. The number of hydrogen-bond acceptors (Lipinski definition) is 2. The van der Waals surface area contributed by atoms with Crippen molar-refractivity contribution in [2.45, 2.75) is 19.8 Å². The minimum Gasteiger partial charge on any atom is -0.331 e. The summed E-state index contributed by atoms with van der Waals surface area (Å²) in [7, 11) is 1.96. The maximum atomic E-state index is 12.6. The predicted molar refractivity (Wildman–Crippen MR) is 84.6 cm³/mol. The molecular formula is C18H18N2O. The van der Waals surface area contributed by atoms with Crippen molar-refractivity contribution in [2.24, 2.45) is 7.05 Å². The summed E-state index contributed by atoms with van der Waals surface area (Å²) in [4.78, 5) is 17.1. The van der Waals surface area contributed by atoms with Crippen molar-refractivity contribution in [2.75, 3.05) is 0 Å². The molecule has 3 heteroatoms. The highest BCUT2D eigenvalue weighted by Gasteiger charge is 2.15. The van der Waals surface area contributed by atoms with E-state index in [2.05, 4.69) is 11.9 Å². The second kappa shape index (κ2) is 5.52. The molecule has 0 saturated carbocycles. The Hall–Kier alpha value is -2.42. The lowest BCUT2D eigenvalue weighted by molar-refractivity contribution is 0.0989. The fourth-order valence-corrected chi connectivity index (χ4v) is 2.69. The molecule has 0 aliphatic carbocycles. The van der Waals surface area contributed by atoms with E-state index < -0.39 is 0 Å². The summed E-state index contributed by atoms with van der Waals surface area (Å²) < 4.78 is 2.00. The fraction of sp³-hybridized carbons (Fsp3) is 0.222. The Labute approximate surface area is 124 Å². The highest BCUT2D eigenvalue weighted by atomic mass is 16.1. The lowest BCUT2D eigenvalue weighted by Crippen LogP contribution is -2.10. The summed E-state index contributed by atoms with van der Waals surface area (Å²) in [5, 5.41) is 0. The maximum Gasteiger partial charge on any atom is 0.170 e. The molecule has 21 heavy (non-hydrogen) atoms. The standard InChI is InChI=1S/C18H18N2O/c1-3-13-8-4-5-9-14(13)17(21)12-18-19-15-10-6-7-11-16(15)20(18)2/h4-11H,3,12H2,1-2H3. The summed E-state index contributed by atoms with van der Waals surface area (Å²) in [6, 6.07) is 15.8. The first-order chi connectivity index (χ1) is 10.2. The molecule has 0 saturated heterocycles. The fourth-order valence-electron chi connectivity index (χ4n) is 2.69. The van der Waals surface area contributed by atoms with Crippen molar-refractivity contribution in [3.05, 3.63) is 65.5 Å². The van der Waals surface area contributed by atoms with Crippen molar-refractivity contribution >= 4 is 16.8 Å². The highest BCUT2D eigenvalue weighted by molar-refractivity contribution is 5.98. The van der Waals surface area contributed by atoms with Crippen LogP contribution in [-0.4, -0.2) is 15.3 Å². The summed E-state index contributed by atoms with van der Waals surface area (Å²) in [6.07, 6.45) is 1.20. The van der Waals surface area contributed by atoms with E-state index in [0.29, 0.717) is 6.42 Å². The molecule has 0 bridgehead atoms. The first-order valence-corrected chi connectivity index (χ1v) is 7.22. The van der Waals surface area contributed by atoms with Gasteiger partial charge in [-0.15, -0.1) is 0 Å². The molecule has 0 N–H and O–H groups in total. The zero-order chi connectivity index (χ0) is 14.8. The van der Waals surface area contributed by atoms with Crippen LogP contribution < -0.4 is 0 Å². The normalized spacial score (nSPS) is 11.0. The molecule has 0 radical (unpaired) electrons. The van der Waals surface area contributed by atoms with Crippen LogP contribution in [0.2, 0.25) is 0 Å². The largest absolute Gasteiger partial charge is 0.331 e. The SMILES string of the molecule is CCc1ccccc1C(=O)Cc1nc2ccccc2n1C. The van der Waals surface area contributed by atoms with Crippen LogP contribution in [0, 0.1) is 0 Å². The topological polar surface area (TPSA) is 34.9 Å². The molecule has 3 rings (SSSR count). The highest BCUT2D eigenvalue weighted by Crippen LogP contribution is 2.17. The molecular weight excluding hydrogens is 260 g/mol. The lowest BCUT2D eigenvalue weighted by atomic mass is 10.00. The number of hydrogen-bond donors (Lipinski definition) is 0. The quantitative estimate of drug-likeness (QED) is 0.684. The molecule has 106 valence electrons. The summed E-state index contributed by atoms with van der Waals surface area (Å²) in [5.41, 5.74) is 3.91. The minimum absolute atomic E-state index is 0.130. The van der Waals surface area contributed by atoms with Gasteiger partial charge in [0.15, 0.2) is 5.78 Å². The Kier molecular flexibility index (Phi) is 3.57. The number of carbonyl (C=O) groups excluding carboxylic acids is 1. The van der Waals surface area contributed by atoms with Crippen LogP contribution in [0.15, 0.2) is 48.5 Å². The first-order valence-electron chi connectivity index (χ1n) is 7.22. The molecule has 0 unspecified atom stereocenters. The van der Waals surface area contributed by atoms with E-state index in [9.17, 15) is 4.79 Å². The van der Waals surface area contributed by atoms with Crippen molar-refractivity contribution in [1.82, 2.24) is 9.55 Å². The molecule has 0 aliphatic rings. The second-order valence-electron chi connectivity index (χ2n) is 5.19. The molecule has 0 amide bonds. The Morgan fingerprint density at radius 1 is 1.10 bits per heavy atom. The number of imidazole rings is 1. The monoisotopic (exact) mass is 278 g/mol. The van der Waals surface area contributed by atoms with Gasteiger partial charge in [0.25, 0.3) is 0 Å². The Bertz CT molecular complexity index is 802. The number of ketones is 1. The van der Waals surface area contributed by atoms with Crippen molar-refractivity contribution in [1.29, 1.82) is 0 Å². The number of Topliss-reactive ketones (excluding diaryl/α,β-unsaturated/α-hetero) is 1. The van der Waals surface area contributed by atoms with Crippen LogP contribution in [0.25, 0.3) is 11.0 Å².